The molecule has 0 atom stereocenters. The van der Waals surface area contributed by atoms with Gasteiger partial charge in [0, 0.05) is 42.3 Å². The van der Waals surface area contributed by atoms with Gasteiger partial charge in [0.15, 0.2) is 0 Å². The van der Waals surface area contributed by atoms with Gasteiger partial charge in [-0.2, -0.15) is 8.42 Å². The molecular formula is C27H26N4O6S. The predicted molar refractivity (Wildman–Crippen MR) is 144 cm³/mol. The highest BCUT2D eigenvalue weighted by Crippen LogP contribution is 2.18. The third kappa shape index (κ3) is 8.22. The van der Waals surface area contributed by atoms with Gasteiger partial charge >= 0.3 is 0 Å². The maximum Gasteiger partial charge on any atom is 0.294 e. The van der Waals surface area contributed by atoms with E-state index in [4.69, 9.17) is 4.55 Å². The molecule has 0 bridgehead atoms. The van der Waals surface area contributed by atoms with E-state index >= 15 is 0 Å². The van der Waals surface area contributed by atoms with Crippen LogP contribution in [-0.4, -0.2) is 28.4 Å². The lowest BCUT2D eigenvalue weighted by Gasteiger charge is -2.05. The molecule has 0 aliphatic rings. The molecule has 0 saturated heterocycles. The molecule has 38 heavy (non-hydrogen) atoms. The van der Waals surface area contributed by atoms with Crippen molar-refractivity contribution in [2.45, 2.75) is 25.3 Å². The third-order valence-corrected chi connectivity index (χ3v) is 6.15. The van der Waals surface area contributed by atoms with Crippen LogP contribution in [0.3, 0.4) is 0 Å². The number of carbonyl (C=O) groups excluding carboxylic acids is 1. The van der Waals surface area contributed by atoms with Crippen LogP contribution >= 0.6 is 0 Å². The quantitative estimate of drug-likeness (QED) is 0.199. The molecule has 4 rings (SSSR count). The van der Waals surface area contributed by atoms with E-state index in [1.165, 1.54) is 36.4 Å². The van der Waals surface area contributed by atoms with Crippen LogP contribution in [0.15, 0.2) is 107 Å². The van der Waals surface area contributed by atoms with Crippen molar-refractivity contribution in [3.05, 3.63) is 124 Å². The van der Waals surface area contributed by atoms with Gasteiger partial charge in [0.1, 0.15) is 0 Å². The summed E-state index contributed by atoms with van der Waals surface area (Å²) in [4.78, 5) is 26.9. The molecule has 1 aromatic heterocycles. The van der Waals surface area contributed by atoms with Gasteiger partial charge in [-0.05, 0) is 74.5 Å². The van der Waals surface area contributed by atoms with E-state index < -0.39 is 15.0 Å². The number of hydrogen-bond acceptors (Lipinski definition) is 6. The fourth-order valence-electron chi connectivity index (χ4n) is 3.15. The molecule has 0 spiro atoms. The average molecular weight is 535 g/mol. The predicted octanol–water partition coefficient (Wildman–Crippen LogP) is 5.14. The molecular weight excluding hydrogens is 508 g/mol. The second-order valence-corrected chi connectivity index (χ2v) is 9.51. The summed E-state index contributed by atoms with van der Waals surface area (Å²) >= 11 is 0. The van der Waals surface area contributed by atoms with E-state index in [9.17, 15) is 23.3 Å². The summed E-state index contributed by atoms with van der Waals surface area (Å²) in [5, 5.41) is 14.3. The summed E-state index contributed by atoms with van der Waals surface area (Å²) in [5.41, 5.74) is 2.65. The summed E-state index contributed by atoms with van der Waals surface area (Å²) in [5.74, 6) is -0.332. The molecule has 0 radical (unpaired) electrons. The largest absolute Gasteiger partial charge is 0.354 e. The highest BCUT2D eigenvalue weighted by molar-refractivity contribution is 7.85. The van der Waals surface area contributed by atoms with Gasteiger partial charge < -0.3 is 9.88 Å². The molecule has 4 aromatic rings. The van der Waals surface area contributed by atoms with Crippen LogP contribution in [0.2, 0.25) is 0 Å². The number of amides is 1. The van der Waals surface area contributed by atoms with Crippen molar-refractivity contribution in [3.63, 3.8) is 0 Å². The number of anilines is 1. The summed E-state index contributed by atoms with van der Waals surface area (Å²) < 4.78 is 31.6. The van der Waals surface area contributed by atoms with Gasteiger partial charge in [0.05, 0.1) is 20.9 Å². The number of rotatable bonds is 6. The molecule has 0 fully saturated rings. The zero-order valence-corrected chi connectivity index (χ0v) is 21.5. The number of hydrogen-bond donors (Lipinski definition) is 2. The van der Waals surface area contributed by atoms with E-state index in [2.05, 4.69) is 21.8 Å². The van der Waals surface area contributed by atoms with Crippen molar-refractivity contribution in [1.82, 2.24) is 4.57 Å². The van der Waals surface area contributed by atoms with Crippen LogP contribution in [0, 0.1) is 17.0 Å². The van der Waals surface area contributed by atoms with Gasteiger partial charge in [0.25, 0.3) is 21.7 Å². The summed E-state index contributed by atoms with van der Waals surface area (Å²) in [6.45, 7) is 4.82. The fourth-order valence-corrected chi connectivity index (χ4v) is 3.63. The van der Waals surface area contributed by atoms with Crippen molar-refractivity contribution in [2.75, 3.05) is 5.32 Å². The molecule has 0 aliphatic heterocycles. The Morgan fingerprint density at radius 3 is 2.03 bits per heavy atom. The van der Waals surface area contributed by atoms with E-state index in [-0.39, 0.29) is 16.5 Å². The minimum absolute atomic E-state index is 0.0529. The van der Waals surface area contributed by atoms with Gasteiger partial charge in [-0.3, -0.25) is 19.5 Å². The van der Waals surface area contributed by atoms with Crippen LogP contribution in [0.4, 0.5) is 17.1 Å². The van der Waals surface area contributed by atoms with Crippen LogP contribution in [0.25, 0.3) is 0 Å². The van der Waals surface area contributed by atoms with E-state index in [1.807, 2.05) is 43.6 Å². The van der Waals surface area contributed by atoms with Crippen LogP contribution in [0.1, 0.15) is 22.8 Å². The van der Waals surface area contributed by atoms with Crippen LogP contribution in [0.5, 0.6) is 0 Å². The monoisotopic (exact) mass is 534 g/mol. The Bertz CT molecular complexity index is 1560. The average Bonchev–Trinajstić information content (AvgIpc) is 2.90. The normalized spacial score (nSPS) is 10.6. The molecule has 1 heterocycles. The maximum atomic E-state index is 12.2. The maximum absolute atomic E-state index is 12.2. The van der Waals surface area contributed by atoms with Gasteiger partial charge in [-0.15, -0.1) is 0 Å². The first kappa shape index (κ1) is 28.0. The second kappa shape index (κ2) is 12.6. The first-order valence-electron chi connectivity index (χ1n) is 11.5. The van der Waals surface area contributed by atoms with E-state index in [0.717, 1.165) is 23.2 Å². The second-order valence-electron chi connectivity index (χ2n) is 8.09. The zero-order chi connectivity index (χ0) is 27.7. The molecule has 1 amide bonds. The zero-order valence-electron chi connectivity index (χ0n) is 20.7. The number of nitrogens with one attached hydrogen (secondary N) is 1. The Labute approximate surface area is 219 Å². The number of pyridine rings is 1. The van der Waals surface area contributed by atoms with Crippen molar-refractivity contribution < 1.29 is 22.7 Å². The number of nitro benzene ring substituents is 1. The molecule has 0 aliphatic carbocycles. The van der Waals surface area contributed by atoms with Crippen molar-refractivity contribution in [3.8, 4) is 0 Å². The molecule has 2 N–H and O–H groups in total. The number of aryl methyl sites for hydroxylation is 2. The van der Waals surface area contributed by atoms with Gasteiger partial charge in [-0.1, -0.05) is 17.7 Å². The number of aromatic nitrogens is 1. The highest BCUT2D eigenvalue weighted by atomic mass is 32.2. The van der Waals surface area contributed by atoms with Crippen molar-refractivity contribution in [1.29, 1.82) is 0 Å². The van der Waals surface area contributed by atoms with Crippen molar-refractivity contribution >= 4 is 33.1 Å². The van der Waals surface area contributed by atoms with E-state index in [0.29, 0.717) is 11.3 Å². The lowest BCUT2D eigenvalue weighted by Crippen LogP contribution is -2.11. The van der Waals surface area contributed by atoms with Crippen molar-refractivity contribution in [2.24, 2.45) is 4.99 Å². The lowest BCUT2D eigenvalue weighted by molar-refractivity contribution is -0.384. The Hall–Kier alpha value is -4.61. The van der Waals surface area contributed by atoms with Crippen LogP contribution in [-0.2, 0) is 16.7 Å². The molecule has 196 valence electrons. The standard InChI is InChI=1S/C20H18N4O3.C7H8O3S/c1-2-23-13-11-18(12-14-23)21-16-5-7-17(8-6-16)22-20(25)15-3-9-19(10-4-15)24(26)27;1-6-2-4-7(5-3-6)11(8,9)10/h3-14H,2H2,1H3,(H,22,25);2-5H,1H3,(H,8,9,10). The summed E-state index contributed by atoms with van der Waals surface area (Å²) in [6.07, 6.45) is 3.94. The first-order valence-corrected chi connectivity index (χ1v) is 12.9. The topological polar surface area (TPSA) is 144 Å². The number of benzene rings is 3. The van der Waals surface area contributed by atoms with Crippen LogP contribution < -0.4 is 10.7 Å². The molecule has 0 saturated carbocycles. The molecule has 10 nitrogen and oxygen atoms in total. The summed E-state index contributed by atoms with van der Waals surface area (Å²) in [6, 6.07) is 22.5. The highest BCUT2D eigenvalue weighted by Gasteiger charge is 2.10. The molecule has 3 aromatic carbocycles. The Balaban J connectivity index is 0.000000304. The van der Waals surface area contributed by atoms with Gasteiger partial charge in [0.2, 0.25) is 0 Å². The number of nitro groups is 1. The third-order valence-electron chi connectivity index (χ3n) is 5.28. The minimum atomic E-state index is -4.02. The Kier molecular flexibility index (Phi) is 9.25. The Morgan fingerprint density at radius 1 is 0.947 bits per heavy atom. The molecule has 11 heteroatoms. The molecule has 0 unspecified atom stereocenters. The Morgan fingerprint density at radius 2 is 1.53 bits per heavy atom. The summed E-state index contributed by atoms with van der Waals surface area (Å²) in [7, 11) is -4.02. The number of non-ortho nitro benzene ring substituents is 1. The number of carbonyl (C=O) groups is 1. The van der Waals surface area contributed by atoms with Gasteiger partial charge in [-0.25, -0.2) is 4.99 Å². The van der Waals surface area contributed by atoms with E-state index in [1.54, 1.807) is 24.3 Å². The lowest BCUT2D eigenvalue weighted by atomic mass is 10.2. The first-order chi connectivity index (χ1) is 18.0. The fraction of sp³-hybridized carbons (Fsp3) is 0.111. The SMILES string of the molecule is CCn1ccc(=Nc2ccc(NC(=O)c3ccc([N+](=O)[O-])cc3)cc2)cc1.Cc1ccc(S(=O)(=O)O)cc1. The smallest absolute Gasteiger partial charge is 0.294 e. The number of nitrogens with zero attached hydrogens (tertiary/aromatic N) is 3. The minimum Gasteiger partial charge on any atom is -0.354 e.